The van der Waals surface area contributed by atoms with E-state index in [9.17, 15) is 9.59 Å². The maximum Gasteiger partial charge on any atom is 0.253 e. The Balaban J connectivity index is 1.54. The molecule has 4 heteroatoms. The summed E-state index contributed by atoms with van der Waals surface area (Å²) in [4.78, 5) is 27.0. The van der Waals surface area contributed by atoms with Gasteiger partial charge in [-0.15, -0.1) is 0 Å². The molecule has 3 rings (SSSR count). The first-order chi connectivity index (χ1) is 13.3. The van der Waals surface area contributed by atoms with Crippen molar-refractivity contribution in [1.29, 1.82) is 0 Å². The third kappa shape index (κ3) is 5.44. The van der Waals surface area contributed by atoms with Crippen molar-refractivity contribution in [2.24, 2.45) is 5.92 Å². The lowest BCUT2D eigenvalue weighted by Crippen LogP contribution is -2.40. The van der Waals surface area contributed by atoms with E-state index in [1.54, 1.807) is 24.3 Å². The molecule has 2 aromatic rings. The average Bonchev–Trinajstić information content (AvgIpc) is 2.68. The van der Waals surface area contributed by atoms with Crippen molar-refractivity contribution < 1.29 is 9.59 Å². The molecule has 2 aromatic carbocycles. The second kappa shape index (κ2) is 8.59. The highest BCUT2D eigenvalue weighted by molar-refractivity contribution is 5.98. The van der Waals surface area contributed by atoms with Crippen molar-refractivity contribution in [3.05, 3.63) is 71.3 Å². The maximum atomic E-state index is 12.8. The van der Waals surface area contributed by atoms with E-state index in [-0.39, 0.29) is 17.4 Å². The van der Waals surface area contributed by atoms with Crippen LogP contribution in [0.1, 0.15) is 59.9 Å². The van der Waals surface area contributed by atoms with E-state index in [0.717, 1.165) is 32.4 Å². The van der Waals surface area contributed by atoms with Gasteiger partial charge in [0.25, 0.3) is 11.8 Å². The number of hydrogen-bond donors (Lipinski definition) is 1. The lowest BCUT2D eigenvalue weighted by Gasteiger charge is -2.32. The Morgan fingerprint density at radius 2 is 1.50 bits per heavy atom. The molecule has 1 aliphatic heterocycles. The Kier molecular flexibility index (Phi) is 6.18. The van der Waals surface area contributed by atoms with E-state index in [0.29, 0.717) is 17.0 Å². The van der Waals surface area contributed by atoms with Gasteiger partial charge in [0.2, 0.25) is 0 Å². The van der Waals surface area contributed by atoms with Crippen LogP contribution in [0.5, 0.6) is 0 Å². The molecule has 1 aliphatic rings. The highest BCUT2D eigenvalue weighted by atomic mass is 16.2. The minimum absolute atomic E-state index is 0.0564. The Morgan fingerprint density at radius 3 is 2.07 bits per heavy atom. The number of piperidine rings is 1. The molecule has 0 spiro atoms. The number of carbonyl (C=O) groups excluding carboxylic acids is 2. The Morgan fingerprint density at radius 1 is 0.929 bits per heavy atom. The monoisotopic (exact) mass is 378 g/mol. The molecule has 4 nitrogen and oxygen atoms in total. The van der Waals surface area contributed by atoms with Crippen LogP contribution in [0.3, 0.4) is 0 Å². The average molecular weight is 379 g/mol. The molecule has 1 saturated heterocycles. The first-order valence-electron chi connectivity index (χ1n) is 10.1. The molecule has 0 aliphatic carbocycles. The summed E-state index contributed by atoms with van der Waals surface area (Å²) >= 11 is 0. The number of nitrogens with zero attached hydrogens (tertiary/aromatic N) is 1. The van der Waals surface area contributed by atoms with E-state index in [1.165, 1.54) is 5.56 Å². The summed E-state index contributed by atoms with van der Waals surface area (Å²) in [5, 5.41) is 2.94. The normalized spacial score (nSPS) is 15.3. The zero-order valence-corrected chi connectivity index (χ0v) is 17.1. The van der Waals surface area contributed by atoms with Crippen molar-refractivity contribution in [1.82, 2.24) is 10.2 Å². The van der Waals surface area contributed by atoms with Crippen molar-refractivity contribution in [3.63, 3.8) is 0 Å². The molecule has 0 aromatic heterocycles. The SMILES string of the molecule is CC(C)(C)NC(=O)c1ccc(C(=O)N2CCC(Cc3ccccc3)CC2)cc1. The molecule has 0 saturated carbocycles. The minimum Gasteiger partial charge on any atom is -0.347 e. The number of rotatable bonds is 4. The fraction of sp³-hybridized carbons (Fsp3) is 0.417. The van der Waals surface area contributed by atoms with Gasteiger partial charge >= 0.3 is 0 Å². The topological polar surface area (TPSA) is 49.4 Å². The fourth-order valence-corrected chi connectivity index (χ4v) is 3.65. The quantitative estimate of drug-likeness (QED) is 0.862. The summed E-state index contributed by atoms with van der Waals surface area (Å²) in [7, 11) is 0. The molecule has 1 N–H and O–H groups in total. The molecule has 1 heterocycles. The Hall–Kier alpha value is -2.62. The van der Waals surface area contributed by atoms with Crippen LogP contribution in [0.4, 0.5) is 0 Å². The van der Waals surface area contributed by atoms with Gasteiger partial charge in [-0.2, -0.15) is 0 Å². The first kappa shape index (κ1) is 20.1. The van der Waals surface area contributed by atoms with Crippen LogP contribution in [0.2, 0.25) is 0 Å². The molecule has 2 amide bonds. The second-order valence-electron chi connectivity index (χ2n) is 8.71. The van der Waals surface area contributed by atoms with Crippen LogP contribution < -0.4 is 5.32 Å². The second-order valence-corrected chi connectivity index (χ2v) is 8.71. The van der Waals surface area contributed by atoms with E-state index < -0.39 is 0 Å². The third-order valence-corrected chi connectivity index (χ3v) is 5.15. The zero-order chi connectivity index (χ0) is 20.1. The number of nitrogens with one attached hydrogen (secondary N) is 1. The summed E-state index contributed by atoms with van der Waals surface area (Å²) in [5.74, 6) is 0.573. The van der Waals surface area contributed by atoms with Gasteiger partial charge in [-0.05, 0) is 75.8 Å². The first-order valence-corrected chi connectivity index (χ1v) is 10.1. The van der Waals surface area contributed by atoms with Gasteiger partial charge in [0, 0.05) is 29.8 Å². The third-order valence-electron chi connectivity index (χ3n) is 5.15. The standard InChI is InChI=1S/C24H30N2O2/c1-24(2,3)25-22(27)20-9-11-21(12-10-20)23(28)26-15-13-19(14-16-26)17-18-7-5-4-6-8-18/h4-12,19H,13-17H2,1-3H3,(H,25,27). The number of benzene rings is 2. The van der Waals surface area contributed by atoms with Gasteiger partial charge in [-0.25, -0.2) is 0 Å². The summed E-state index contributed by atoms with van der Waals surface area (Å²) in [6.45, 7) is 7.43. The van der Waals surface area contributed by atoms with Gasteiger partial charge in [0.15, 0.2) is 0 Å². The molecule has 0 bridgehead atoms. The molecule has 0 atom stereocenters. The van der Waals surface area contributed by atoms with E-state index in [1.807, 2.05) is 31.7 Å². The van der Waals surface area contributed by atoms with E-state index >= 15 is 0 Å². The van der Waals surface area contributed by atoms with Crippen LogP contribution in [0, 0.1) is 5.92 Å². The molecular weight excluding hydrogens is 348 g/mol. The largest absolute Gasteiger partial charge is 0.347 e. The summed E-state index contributed by atoms with van der Waals surface area (Å²) < 4.78 is 0. The Bertz CT molecular complexity index is 799. The number of hydrogen-bond acceptors (Lipinski definition) is 2. The minimum atomic E-state index is -0.282. The van der Waals surface area contributed by atoms with Crippen LogP contribution in [-0.2, 0) is 6.42 Å². The van der Waals surface area contributed by atoms with Crippen LogP contribution in [0.15, 0.2) is 54.6 Å². The van der Waals surface area contributed by atoms with E-state index in [2.05, 4.69) is 29.6 Å². The number of amides is 2. The predicted molar refractivity (Wildman–Crippen MR) is 112 cm³/mol. The summed E-state index contributed by atoms with van der Waals surface area (Å²) in [5.41, 5.74) is 2.31. The highest BCUT2D eigenvalue weighted by Crippen LogP contribution is 2.23. The summed E-state index contributed by atoms with van der Waals surface area (Å²) in [6.07, 6.45) is 3.15. The maximum absolute atomic E-state index is 12.8. The van der Waals surface area contributed by atoms with Crippen molar-refractivity contribution in [2.45, 2.75) is 45.6 Å². The lowest BCUT2D eigenvalue weighted by atomic mass is 9.90. The van der Waals surface area contributed by atoms with Gasteiger partial charge in [0.1, 0.15) is 0 Å². The highest BCUT2D eigenvalue weighted by Gasteiger charge is 2.24. The molecular formula is C24H30N2O2. The molecule has 0 radical (unpaired) electrons. The molecule has 148 valence electrons. The predicted octanol–water partition coefficient (Wildman–Crippen LogP) is 4.31. The van der Waals surface area contributed by atoms with Gasteiger partial charge in [-0.3, -0.25) is 9.59 Å². The molecule has 28 heavy (non-hydrogen) atoms. The van der Waals surface area contributed by atoms with Gasteiger partial charge in [0.05, 0.1) is 0 Å². The van der Waals surface area contributed by atoms with Crippen LogP contribution in [-0.4, -0.2) is 35.3 Å². The van der Waals surface area contributed by atoms with E-state index in [4.69, 9.17) is 0 Å². The van der Waals surface area contributed by atoms with Gasteiger partial charge < -0.3 is 10.2 Å². The Labute approximate surface area is 167 Å². The molecule has 0 unspecified atom stereocenters. The zero-order valence-electron chi connectivity index (χ0n) is 17.1. The molecule has 1 fully saturated rings. The fourth-order valence-electron chi connectivity index (χ4n) is 3.65. The van der Waals surface area contributed by atoms with Crippen LogP contribution >= 0.6 is 0 Å². The number of likely N-dealkylation sites (tertiary alicyclic amines) is 1. The van der Waals surface area contributed by atoms with Gasteiger partial charge in [-0.1, -0.05) is 30.3 Å². The summed E-state index contributed by atoms with van der Waals surface area (Å²) in [6, 6.07) is 17.5. The van der Waals surface area contributed by atoms with Crippen molar-refractivity contribution >= 4 is 11.8 Å². The van der Waals surface area contributed by atoms with Crippen molar-refractivity contribution in [3.8, 4) is 0 Å². The smallest absolute Gasteiger partial charge is 0.253 e. The lowest BCUT2D eigenvalue weighted by molar-refractivity contribution is 0.0690. The number of carbonyl (C=O) groups is 2. The van der Waals surface area contributed by atoms with Crippen LogP contribution in [0.25, 0.3) is 0 Å². The van der Waals surface area contributed by atoms with Crippen molar-refractivity contribution in [2.75, 3.05) is 13.1 Å².